The normalized spacial score (nSPS) is 12.3. The van der Waals surface area contributed by atoms with Gasteiger partial charge in [-0.15, -0.1) is 26.3 Å². The molecule has 0 fully saturated rings. The van der Waals surface area contributed by atoms with Gasteiger partial charge in [0, 0.05) is 0 Å². The second-order valence-electron chi connectivity index (χ2n) is 6.33. The number of ether oxygens (including phenoxy) is 2. The maximum Gasteiger partial charge on any atom is 0.573 e. The van der Waals surface area contributed by atoms with Crippen LogP contribution in [0.1, 0.15) is 17.5 Å². The molecule has 0 unspecified atom stereocenters. The van der Waals surface area contributed by atoms with Crippen LogP contribution in [-0.2, 0) is 9.59 Å². The van der Waals surface area contributed by atoms with Crippen LogP contribution < -0.4 is 9.47 Å². The molecule has 0 amide bonds. The van der Waals surface area contributed by atoms with Crippen LogP contribution in [0.15, 0.2) is 48.6 Å². The van der Waals surface area contributed by atoms with E-state index in [9.17, 15) is 46.1 Å². The number of carbonyl (C=O) groups excluding carboxylic acids is 2. The van der Waals surface area contributed by atoms with E-state index in [4.69, 9.17) is 0 Å². The van der Waals surface area contributed by atoms with Crippen molar-refractivity contribution in [3.8, 4) is 23.0 Å². The minimum Gasteiger partial charge on any atom is -0.504 e. The summed E-state index contributed by atoms with van der Waals surface area (Å²) in [5.41, 5.74) is 0.148. The zero-order chi connectivity index (χ0) is 24.8. The predicted molar refractivity (Wildman–Crippen MR) is 102 cm³/mol. The van der Waals surface area contributed by atoms with Gasteiger partial charge >= 0.3 is 12.7 Å². The fraction of sp³-hybridized carbons (Fsp3) is 0.143. The number of allylic oxidation sites excluding steroid dienone is 2. The van der Waals surface area contributed by atoms with E-state index in [2.05, 4.69) is 9.47 Å². The Bertz CT molecular complexity index is 1000. The fourth-order valence-corrected chi connectivity index (χ4v) is 2.35. The highest BCUT2D eigenvalue weighted by atomic mass is 19.4. The number of ketones is 2. The predicted octanol–water partition coefficient (Wildman–Crippen LogP) is 5.15. The van der Waals surface area contributed by atoms with Crippen molar-refractivity contribution in [2.45, 2.75) is 19.1 Å². The standard InChI is InChI=1S/C21H14F6O6/c22-20(23,24)32-18-9-12(3-7-16(18)30)1-5-14(28)11-15(29)6-2-13-4-8-17(31)19(10-13)33-21(25,26)27/h1-10,30-31H,11H2. The average molecular weight is 476 g/mol. The van der Waals surface area contributed by atoms with Crippen LogP contribution in [0.25, 0.3) is 12.2 Å². The van der Waals surface area contributed by atoms with Crippen molar-refractivity contribution in [3.05, 3.63) is 59.7 Å². The second kappa shape index (κ2) is 10.1. The molecular weight excluding hydrogens is 462 g/mol. The lowest BCUT2D eigenvalue weighted by atomic mass is 10.1. The van der Waals surface area contributed by atoms with E-state index < -0.39 is 53.7 Å². The number of phenols is 2. The highest BCUT2D eigenvalue weighted by molar-refractivity contribution is 6.10. The van der Waals surface area contributed by atoms with Crippen LogP contribution in [0, 0.1) is 0 Å². The Morgan fingerprint density at radius 2 is 1.09 bits per heavy atom. The maximum atomic E-state index is 12.3. The molecule has 0 aliphatic carbocycles. The molecule has 2 N–H and O–H groups in total. The first-order valence-corrected chi connectivity index (χ1v) is 8.81. The molecule has 2 aromatic carbocycles. The number of benzene rings is 2. The summed E-state index contributed by atoms with van der Waals surface area (Å²) in [7, 11) is 0. The summed E-state index contributed by atoms with van der Waals surface area (Å²) in [5.74, 6) is -4.73. The van der Waals surface area contributed by atoms with Gasteiger partial charge in [0.05, 0.1) is 6.42 Å². The van der Waals surface area contributed by atoms with Gasteiger partial charge < -0.3 is 19.7 Å². The molecule has 0 saturated carbocycles. The molecule has 0 saturated heterocycles. The third-order valence-electron chi connectivity index (χ3n) is 3.69. The Labute approximate surface area is 182 Å². The highest BCUT2D eigenvalue weighted by Crippen LogP contribution is 2.33. The van der Waals surface area contributed by atoms with E-state index in [0.717, 1.165) is 48.6 Å². The molecule has 12 heteroatoms. The Morgan fingerprint density at radius 3 is 1.42 bits per heavy atom. The average Bonchev–Trinajstić information content (AvgIpc) is 2.67. The van der Waals surface area contributed by atoms with E-state index in [1.54, 1.807) is 0 Å². The quantitative estimate of drug-likeness (QED) is 0.311. The van der Waals surface area contributed by atoms with Crippen LogP contribution in [0.2, 0.25) is 0 Å². The molecule has 0 heterocycles. The maximum absolute atomic E-state index is 12.3. The summed E-state index contributed by atoms with van der Waals surface area (Å²) in [6.45, 7) is 0. The summed E-state index contributed by atoms with van der Waals surface area (Å²) in [6, 6.07) is 5.92. The Hall–Kier alpha value is -3.96. The summed E-state index contributed by atoms with van der Waals surface area (Å²) in [4.78, 5) is 23.8. The van der Waals surface area contributed by atoms with Gasteiger partial charge in [0.2, 0.25) is 0 Å². The lowest BCUT2D eigenvalue weighted by molar-refractivity contribution is -0.276. The minimum atomic E-state index is -5.04. The molecule has 0 bridgehead atoms. The van der Waals surface area contributed by atoms with Crippen LogP contribution in [0.4, 0.5) is 26.3 Å². The zero-order valence-corrected chi connectivity index (χ0v) is 16.3. The van der Waals surface area contributed by atoms with Crippen LogP contribution in [0.3, 0.4) is 0 Å². The van der Waals surface area contributed by atoms with Crippen molar-refractivity contribution in [3.63, 3.8) is 0 Å². The van der Waals surface area contributed by atoms with E-state index in [0.29, 0.717) is 0 Å². The smallest absolute Gasteiger partial charge is 0.504 e. The van der Waals surface area contributed by atoms with Crippen LogP contribution >= 0.6 is 0 Å². The van der Waals surface area contributed by atoms with Gasteiger partial charge in [-0.25, -0.2) is 0 Å². The molecule has 0 atom stereocenters. The molecular formula is C21H14F6O6. The first kappa shape index (κ1) is 25.3. The van der Waals surface area contributed by atoms with Gasteiger partial charge in [-0.1, -0.05) is 24.3 Å². The van der Waals surface area contributed by atoms with Crippen molar-refractivity contribution >= 4 is 23.7 Å². The Kier molecular flexibility index (Phi) is 7.75. The zero-order valence-electron chi connectivity index (χ0n) is 16.3. The number of phenolic OH excluding ortho intramolecular Hbond substituents is 2. The SMILES string of the molecule is O=C(C=Cc1ccc(O)c(OC(F)(F)F)c1)CC(=O)C=Cc1ccc(O)c(OC(F)(F)F)c1. The molecule has 0 aromatic heterocycles. The van der Waals surface area contributed by atoms with Crippen LogP contribution in [0.5, 0.6) is 23.0 Å². The van der Waals surface area contributed by atoms with Gasteiger partial charge in [-0.05, 0) is 47.5 Å². The highest BCUT2D eigenvalue weighted by Gasteiger charge is 2.33. The fourth-order valence-electron chi connectivity index (χ4n) is 2.35. The summed E-state index contributed by atoms with van der Waals surface area (Å²) in [5, 5.41) is 18.8. The molecule has 0 aliphatic heterocycles. The second-order valence-corrected chi connectivity index (χ2v) is 6.33. The summed E-state index contributed by atoms with van der Waals surface area (Å²) < 4.78 is 81.1. The molecule has 0 radical (unpaired) electrons. The van der Waals surface area contributed by atoms with E-state index in [-0.39, 0.29) is 11.1 Å². The third kappa shape index (κ3) is 8.97. The van der Waals surface area contributed by atoms with Gasteiger partial charge in [0.1, 0.15) is 0 Å². The van der Waals surface area contributed by atoms with E-state index in [1.165, 1.54) is 12.1 Å². The van der Waals surface area contributed by atoms with Crippen molar-refractivity contribution in [1.82, 2.24) is 0 Å². The molecule has 2 rings (SSSR count). The number of carbonyl (C=O) groups is 2. The first-order valence-electron chi connectivity index (χ1n) is 8.81. The molecule has 0 aliphatic rings. The molecule has 2 aromatic rings. The number of alkyl halides is 6. The van der Waals surface area contributed by atoms with Gasteiger partial charge in [-0.2, -0.15) is 0 Å². The lowest BCUT2D eigenvalue weighted by Crippen LogP contribution is -2.17. The first-order chi connectivity index (χ1) is 15.2. The molecule has 33 heavy (non-hydrogen) atoms. The Morgan fingerprint density at radius 1 is 0.727 bits per heavy atom. The van der Waals surface area contributed by atoms with Crippen LogP contribution in [-0.4, -0.2) is 34.5 Å². The number of halogens is 6. The molecule has 176 valence electrons. The lowest BCUT2D eigenvalue weighted by Gasteiger charge is -2.10. The third-order valence-corrected chi connectivity index (χ3v) is 3.69. The summed E-state index contributed by atoms with van der Waals surface area (Å²) >= 11 is 0. The van der Waals surface area contributed by atoms with E-state index >= 15 is 0 Å². The van der Waals surface area contributed by atoms with Gasteiger partial charge in [0.15, 0.2) is 34.6 Å². The summed E-state index contributed by atoms with van der Waals surface area (Å²) in [6.07, 6.45) is -6.67. The number of rotatable bonds is 8. The molecule has 6 nitrogen and oxygen atoms in total. The monoisotopic (exact) mass is 476 g/mol. The number of hydrogen-bond donors (Lipinski definition) is 2. The largest absolute Gasteiger partial charge is 0.573 e. The van der Waals surface area contributed by atoms with Crippen molar-refractivity contribution < 1.29 is 55.6 Å². The Balaban J connectivity index is 2.01. The minimum absolute atomic E-state index is 0.0738. The van der Waals surface area contributed by atoms with Gasteiger partial charge in [-0.3, -0.25) is 9.59 Å². The number of aromatic hydroxyl groups is 2. The van der Waals surface area contributed by atoms with E-state index in [1.807, 2.05) is 0 Å². The number of hydrogen-bond acceptors (Lipinski definition) is 6. The van der Waals surface area contributed by atoms with Gasteiger partial charge in [0.25, 0.3) is 0 Å². The van der Waals surface area contributed by atoms with Crippen molar-refractivity contribution in [1.29, 1.82) is 0 Å². The van der Waals surface area contributed by atoms with Crippen molar-refractivity contribution in [2.24, 2.45) is 0 Å². The molecule has 0 spiro atoms. The van der Waals surface area contributed by atoms with Crippen molar-refractivity contribution in [2.75, 3.05) is 0 Å². The topological polar surface area (TPSA) is 93.1 Å².